The summed E-state index contributed by atoms with van der Waals surface area (Å²) >= 11 is 5.57. The summed E-state index contributed by atoms with van der Waals surface area (Å²) in [6.07, 6.45) is -4.41. The molecule has 1 amide bonds. The topological polar surface area (TPSA) is 95.9 Å². The zero-order chi connectivity index (χ0) is 23.7. The minimum atomic E-state index is -4.79. The molecule has 0 spiro atoms. The maximum Gasteiger partial charge on any atom is 0.417 e. The van der Waals surface area contributed by atoms with Gasteiger partial charge < -0.3 is 15.2 Å². The molecular weight excluding hydrogens is 473 g/mol. The zero-order valence-corrected chi connectivity index (χ0v) is 18.4. The minimum Gasteiger partial charge on any atom is -0.504 e. The number of ether oxygens (including phenoxy) is 1. The fourth-order valence-electron chi connectivity index (χ4n) is 3.40. The van der Waals surface area contributed by atoms with E-state index >= 15 is 0 Å². The van der Waals surface area contributed by atoms with Gasteiger partial charge in [0.1, 0.15) is 0 Å². The van der Waals surface area contributed by atoms with Gasteiger partial charge in [-0.15, -0.1) is 0 Å². The average Bonchev–Trinajstić information content (AvgIpc) is 2.73. The van der Waals surface area contributed by atoms with Crippen molar-refractivity contribution in [2.75, 3.05) is 25.5 Å². The number of piperidine rings is 1. The number of halogens is 4. The summed E-state index contributed by atoms with van der Waals surface area (Å²) in [5.41, 5.74) is -0.874. The van der Waals surface area contributed by atoms with Crippen molar-refractivity contribution in [3.63, 3.8) is 0 Å². The summed E-state index contributed by atoms with van der Waals surface area (Å²) in [6.45, 7) is -0.0590. The molecule has 2 aromatic carbocycles. The SMILES string of the molecule is COc1ccc(NC(=O)C2CCN(S(=O)(=O)c3ccc(Cl)c(C(F)(F)F)c3)CC2)cc1O. The molecule has 0 aromatic heterocycles. The van der Waals surface area contributed by atoms with Gasteiger partial charge in [-0.25, -0.2) is 8.42 Å². The maximum absolute atomic E-state index is 13.1. The van der Waals surface area contributed by atoms with Crippen molar-refractivity contribution in [1.82, 2.24) is 4.31 Å². The molecule has 0 unspecified atom stereocenters. The molecule has 1 saturated heterocycles. The van der Waals surface area contributed by atoms with Crippen LogP contribution in [0.1, 0.15) is 18.4 Å². The van der Waals surface area contributed by atoms with E-state index in [4.69, 9.17) is 16.3 Å². The zero-order valence-electron chi connectivity index (χ0n) is 16.8. The first-order chi connectivity index (χ1) is 14.9. The van der Waals surface area contributed by atoms with Crippen LogP contribution < -0.4 is 10.1 Å². The van der Waals surface area contributed by atoms with Crippen LogP contribution in [-0.2, 0) is 21.0 Å². The van der Waals surface area contributed by atoms with E-state index in [-0.39, 0.29) is 43.3 Å². The number of hydrogen-bond donors (Lipinski definition) is 2. The number of amides is 1. The van der Waals surface area contributed by atoms with Crippen molar-refractivity contribution >= 4 is 33.2 Å². The Labute approximate surface area is 187 Å². The number of nitrogens with zero attached hydrogens (tertiary/aromatic N) is 1. The monoisotopic (exact) mass is 492 g/mol. The molecule has 1 heterocycles. The highest BCUT2D eigenvalue weighted by Gasteiger charge is 2.37. The maximum atomic E-state index is 13.1. The molecule has 1 fully saturated rings. The number of benzene rings is 2. The summed E-state index contributed by atoms with van der Waals surface area (Å²) in [6, 6.07) is 6.82. The molecule has 0 atom stereocenters. The predicted octanol–water partition coefficient (Wildman–Crippen LogP) is 4.11. The van der Waals surface area contributed by atoms with Crippen LogP contribution in [0.2, 0.25) is 5.02 Å². The second kappa shape index (κ2) is 9.16. The second-order valence-electron chi connectivity index (χ2n) is 7.19. The number of aromatic hydroxyl groups is 1. The summed E-state index contributed by atoms with van der Waals surface area (Å²) in [7, 11) is -2.79. The van der Waals surface area contributed by atoms with E-state index < -0.39 is 37.6 Å². The van der Waals surface area contributed by atoms with E-state index in [1.165, 1.54) is 19.2 Å². The minimum absolute atomic E-state index is 0.0295. The van der Waals surface area contributed by atoms with Gasteiger partial charge in [-0.3, -0.25) is 4.79 Å². The quantitative estimate of drug-likeness (QED) is 0.655. The van der Waals surface area contributed by atoms with Gasteiger partial charge in [0, 0.05) is 30.8 Å². The lowest BCUT2D eigenvalue weighted by atomic mass is 9.97. The Hall–Kier alpha value is -2.50. The van der Waals surface area contributed by atoms with E-state index in [9.17, 15) is 31.5 Å². The average molecular weight is 493 g/mol. The van der Waals surface area contributed by atoms with Crippen LogP contribution >= 0.6 is 11.6 Å². The Balaban J connectivity index is 1.67. The molecular formula is C20H20ClF3N2O5S. The van der Waals surface area contributed by atoms with Crippen molar-refractivity contribution < 1.29 is 36.2 Å². The third-order valence-corrected chi connectivity index (χ3v) is 7.38. The Kier molecular flexibility index (Phi) is 6.91. The third kappa shape index (κ3) is 5.11. The van der Waals surface area contributed by atoms with Gasteiger partial charge in [0.05, 0.1) is 22.6 Å². The van der Waals surface area contributed by atoms with Crippen molar-refractivity contribution in [1.29, 1.82) is 0 Å². The first kappa shape index (κ1) is 24.1. The molecule has 32 heavy (non-hydrogen) atoms. The molecule has 1 aliphatic heterocycles. The number of rotatable bonds is 5. The molecule has 7 nitrogen and oxygen atoms in total. The number of hydrogen-bond acceptors (Lipinski definition) is 5. The van der Waals surface area contributed by atoms with Crippen LogP contribution in [0, 0.1) is 5.92 Å². The van der Waals surface area contributed by atoms with Gasteiger partial charge in [0.25, 0.3) is 0 Å². The van der Waals surface area contributed by atoms with Crippen molar-refractivity contribution in [2.24, 2.45) is 5.92 Å². The van der Waals surface area contributed by atoms with Gasteiger partial charge in [0.15, 0.2) is 11.5 Å². The lowest BCUT2D eigenvalue weighted by molar-refractivity contribution is -0.137. The predicted molar refractivity (Wildman–Crippen MR) is 111 cm³/mol. The van der Waals surface area contributed by atoms with Crippen molar-refractivity contribution in [2.45, 2.75) is 23.9 Å². The van der Waals surface area contributed by atoms with Gasteiger partial charge in [-0.1, -0.05) is 11.6 Å². The first-order valence-corrected chi connectivity index (χ1v) is 11.3. The Morgan fingerprint density at radius 3 is 2.41 bits per heavy atom. The van der Waals surface area contributed by atoms with Gasteiger partial charge in [0.2, 0.25) is 15.9 Å². The molecule has 2 N–H and O–H groups in total. The molecule has 0 bridgehead atoms. The normalized spacial score (nSPS) is 16.0. The highest BCUT2D eigenvalue weighted by atomic mass is 35.5. The molecule has 1 aliphatic rings. The number of carbonyl (C=O) groups excluding carboxylic acids is 1. The van der Waals surface area contributed by atoms with Crippen LogP contribution in [0.4, 0.5) is 18.9 Å². The fraction of sp³-hybridized carbons (Fsp3) is 0.350. The van der Waals surface area contributed by atoms with E-state index in [2.05, 4.69) is 5.32 Å². The highest BCUT2D eigenvalue weighted by molar-refractivity contribution is 7.89. The number of alkyl halides is 3. The highest BCUT2D eigenvalue weighted by Crippen LogP contribution is 2.37. The largest absolute Gasteiger partial charge is 0.504 e. The lowest BCUT2D eigenvalue weighted by Crippen LogP contribution is -2.41. The Bertz CT molecular complexity index is 1120. The molecule has 2 aromatic rings. The number of sulfonamides is 1. The fourth-order valence-corrected chi connectivity index (χ4v) is 5.12. The van der Waals surface area contributed by atoms with Crippen molar-refractivity contribution in [3.05, 3.63) is 47.0 Å². The number of carbonyl (C=O) groups is 1. The van der Waals surface area contributed by atoms with Crippen LogP contribution in [0.15, 0.2) is 41.3 Å². The summed E-state index contributed by atoms with van der Waals surface area (Å²) in [5.74, 6) is -0.746. The number of phenols is 1. The van der Waals surface area contributed by atoms with Gasteiger partial charge >= 0.3 is 6.18 Å². The van der Waals surface area contributed by atoms with Gasteiger partial charge in [-0.05, 0) is 43.2 Å². The van der Waals surface area contributed by atoms with E-state index in [1.54, 1.807) is 6.07 Å². The molecule has 12 heteroatoms. The number of nitrogens with one attached hydrogen (secondary N) is 1. The summed E-state index contributed by atoms with van der Waals surface area (Å²) in [5, 5.41) is 11.9. The van der Waals surface area contributed by atoms with Crippen LogP contribution in [-0.4, -0.2) is 43.9 Å². The third-order valence-electron chi connectivity index (χ3n) is 5.15. The van der Waals surface area contributed by atoms with E-state index in [0.717, 1.165) is 16.4 Å². The van der Waals surface area contributed by atoms with Crippen molar-refractivity contribution in [3.8, 4) is 11.5 Å². The second-order valence-corrected chi connectivity index (χ2v) is 9.54. The first-order valence-electron chi connectivity index (χ1n) is 9.48. The molecule has 3 rings (SSSR count). The van der Waals surface area contributed by atoms with Crippen LogP contribution in [0.5, 0.6) is 11.5 Å². The molecule has 0 aliphatic carbocycles. The Morgan fingerprint density at radius 2 is 1.84 bits per heavy atom. The number of methoxy groups -OCH3 is 1. The molecule has 174 valence electrons. The van der Waals surface area contributed by atoms with E-state index in [1.807, 2.05) is 0 Å². The lowest BCUT2D eigenvalue weighted by Gasteiger charge is -2.30. The summed E-state index contributed by atoms with van der Waals surface area (Å²) < 4.78 is 70.9. The number of anilines is 1. The van der Waals surface area contributed by atoms with E-state index in [0.29, 0.717) is 11.8 Å². The smallest absolute Gasteiger partial charge is 0.417 e. The number of phenolic OH excluding ortho intramolecular Hbond substituents is 1. The molecule has 0 saturated carbocycles. The molecule has 0 radical (unpaired) electrons. The Morgan fingerprint density at radius 1 is 1.19 bits per heavy atom. The van der Waals surface area contributed by atoms with Crippen LogP contribution in [0.25, 0.3) is 0 Å². The standard InChI is InChI=1S/C20H20ClF3N2O5S/c1-31-18-5-2-13(10-17(18)27)25-19(28)12-6-8-26(9-7-12)32(29,30)14-3-4-16(21)15(11-14)20(22,23)24/h2-5,10-12,27H,6-9H2,1H3,(H,25,28). The summed E-state index contributed by atoms with van der Waals surface area (Å²) in [4.78, 5) is 12.0. The van der Waals surface area contributed by atoms with Gasteiger partial charge in [-0.2, -0.15) is 17.5 Å². The van der Waals surface area contributed by atoms with Crippen LogP contribution in [0.3, 0.4) is 0 Å².